The second kappa shape index (κ2) is 4.79. The maximum atomic E-state index is 11.5. The monoisotopic (exact) mass is 241 g/mol. The predicted molar refractivity (Wildman–Crippen MR) is 66.6 cm³/mol. The fourth-order valence-electron chi connectivity index (χ4n) is 1.72. The van der Waals surface area contributed by atoms with Crippen LogP contribution in [-0.4, -0.2) is 21.8 Å². The van der Waals surface area contributed by atoms with Gasteiger partial charge in [-0.2, -0.15) is 0 Å². The van der Waals surface area contributed by atoms with Crippen LogP contribution in [0.25, 0.3) is 11.3 Å². The molecule has 1 N–H and O–H groups in total. The quantitative estimate of drug-likeness (QED) is 0.839. The molecule has 18 heavy (non-hydrogen) atoms. The molecular formula is C14H11NO3. The molecule has 4 heteroatoms. The Morgan fingerprint density at radius 1 is 1.17 bits per heavy atom. The number of rotatable bonds is 3. The fraction of sp³-hybridized carbons (Fsp3) is 0.0714. The summed E-state index contributed by atoms with van der Waals surface area (Å²) >= 11 is 0. The molecule has 0 saturated carbocycles. The van der Waals surface area contributed by atoms with Crippen LogP contribution in [0.1, 0.15) is 27.6 Å². The molecular weight excluding hydrogens is 230 g/mol. The van der Waals surface area contributed by atoms with Crippen molar-refractivity contribution in [3.63, 3.8) is 0 Å². The zero-order chi connectivity index (χ0) is 13.1. The first-order valence-corrected chi connectivity index (χ1v) is 5.39. The summed E-state index contributed by atoms with van der Waals surface area (Å²) in [7, 11) is 0. The average molecular weight is 241 g/mol. The first-order chi connectivity index (χ1) is 8.59. The standard InChI is InChI=1S/C14H11NO3/c1-9(16)11-4-2-3-5-12(11)13-8-10(14(17)18)6-7-15-13/h2-8H,1H3,(H,17,18). The smallest absolute Gasteiger partial charge is 0.335 e. The van der Waals surface area contributed by atoms with Crippen molar-refractivity contribution >= 4 is 11.8 Å². The number of Topliss-reactive ketones (excluding diaryl/α,β-unsaturated/α-hetero) is 1. The van der Waals surface area contributed by atoms with E-state index in [-0.39, 0.29) is 11.3 Å². The Balaban J connectivity index is 2.58. The van der Waals surface area contributed by atoms with Crippen molar-refractivity contribution in [2.75, 3.05) is 0 Å². The van der Waals surface area contributed by atoms with Gasteiger partial charge in [0.25, 0.3) is 0 Å². The summed E-state index contributed by atoms with van der Waals surface area (Å²) in [4.78, 5) is 26.5. The Bertz CT molecular complexity index is 620. The number of benzene rings is 1. The highest BCUT2D eigenvalue weighted by molar-refractivity contribution is 6.00. The Labute approximate surface area is 104 Å². The molecule has 1 aromatic carbocycles. The van der Waals surface area contributed by atoms with Crippen LogP contribution in [0.3, 0.4) is 0 Å². The van der Waals surface area contributed by atoms with Gasteiger partial charge in [-0.1, -0.05) is 24.3 Å². The third-order valence-electron chi connectivity index (χ3n) is 2.59. The molecule has 0 saturated heterocycles. The first-order valence-electron chi connectivity index (χ1n) is 5.39. The molecule has 0 radical (unpaired) electrons. The van der Waals surface area contributed by atoms with Crippen LogP contribution in [0, 0.1) is 0 Å². The summed E-state index contributed by atoms with van der Waals surface area (Å²) in [6.45, 7) is 1.47. The Kier molecular flexibility index (Phi) is 3.19. The zero-order valence-corrected chi connectivity index (χ0v) is 9.75. The van der Waals surface area contributed by atoms with E-state index in [1.807, 2.05) is 0 Å². The summed E-state index contributed by atoms with van der Waals surface area (Å²) in [6.07, 6.45) is 1.43. The molecule has 90 valence electrons. The van der Waals surface area contributed by atoms with Crippen molar-refractivity contribution < 1.29 is 14.7 Å². The van der Waals surface area contributed by atoms with Crippen molar-refractivity contribution in [3.05, 3.63) is 53.7 Å². The highest BCUT2D eigenvalue weighted by Gasteiger charge is 2.11. The molecule has 0 aliphatic carbocycles. The molecule has 1 aromatic heterocycles. The molecule has 0 aliphatic rings. The fourth-order valence-corrected chi connectivity index (χ4v) is 1.72. The Morgan fingerprint density at radius 3 is 2.56 bits per heavy atom. The van der Waals surface area contributed by atoms with Gasteiger partial charge >= 0.3 is 5.97 Å². The minimum Gasteiger partial charge on any atom is -0.478 e. The molecule has 0 amide bonds. The first kappa shape index (κ1) is 12.0. The third-order valence-corrected chi connectivity index (χ3v) is 2.59. The predicted octanol–water partition coefficient (Wildman–Crippen LogP) is 2.65. The number of carbonyl (C=O) groups excluding carboxylic acids is 1. The van der Waals surface area contributed by atoms with Gasteiger partial charge in [0.2, 0.25) is 0 Å². The van der Waals surface area contributed by atoms with Crippen LogP contribution in [0.4, 0.5) is 0 Å². The van der Waals surface area contributed by atoms with E-state index in [4.69, 9.17) is 5.11 Å². The van der Waals surface area contributed by atoms with E-state index in [1.54, 1.807) is 24.3 Å². The van der Waals surface area contributed by atoms with E-state index >= 15 is 0 Å². The molecule has 0 fully saturated rings. The minimum atomic E-state index is -1.01. The lowest BCUT2D eigenvalue weighted by atomic mass is 10.0. The number of pyridine rings is 1. The number of ketones is 1. The van der Waals surface area contributed by atoms with Gasteiger partial charge in [-0.3, -0.25) is 9.78 Å². The maximum absolute atomic E-state index is 11.5. The van der Waals surface area contributed by atoms with Gasteiger partial charge in [-0.05, 0) is 19.1 Å². The molecule has 2 rings (SSSR count). The van der Waals surface area contributed by atoms with Crippen molar-refractivity contribution in [2.45, 2.75) is 6.92 Å². The lowest BCUT2D eigenvalue weighted by molar-refractivity contribution is 0.0696. The Hall–Kier alpha value is -2.49. The average Bonchev–Trinajstić information content (AvgIpc) is 2.39. The van der Waals surface area contributed by atoms with E-state index in [0.29, 0.717) is 16.8 Å². The van der Waals surface area contributed by atoms with E-state index in [9.17, 15) is 9.59 Å². The van der Waals surface area contributed by atoms with Crippen molar-refractivity contribution in [3.8, 4) is 11.3 Å². The molecule has 0 bridgehead atoms. The van der Waals surface area contributed by atoms with Crippen molar-refractivity contribution in [2.24, 2.45) is 0 Å². The summed E-state index contributed by atoms with van der Waals surface area (Å²) in [5, 5.41) is 8.94. The number of carboxylic acid groups (broad SMARTS) is 1. The van der Waals surface area contributed by atoms with Gasteiger partial charge in [0, 0.05) is 17.3 Å². The number of carboxylic acids is 1. The normalized spacial score (nSPS) is 10.1. The van der Waals surface area contributed by atoms with E-state index < -0.39 is 5.97 Å². The molecule has 0 atom stereocenters. The summed E-state index contributed by atoms with van der Waals surface area (Å²) in [6, 6.07) is 9.89. The van der Waals surface area contributed by atoms with Crippen LogP contribution in [0.15, 0.2) is 42.6 Å². The summed E-state index contributed by atoms with van der Waals surface area (Å²) < 4.78 is 0. The van der Waals surface area contributed by atoms with Crippen LogP contribution >= 0.6 is 0 Å². The SMILES string of the molecule is CC(=O)c1ccccc1-c1cc(C(=O)O)ccn1. The van der Waals surface area contributed by atoms with Gasteiger partial charge < -0.3 is 5.11 Å². The molecule has 2 aromatic rings. The van der Waals surface area contributed by atoms with Gasteiger partial charge in [0.1, 0.15) is 0 Å². The second-order valence-corrected chi connectivity index (χ2v) is 3.84. The van der Waals surface area contributed by atoms with Gasteiger partial charge in [0.05, 0.1) is 11.3 Å². The highest BCUT2D eigenvalue weighted by Crippen LogP contribution is 2.22. The van der Waals surface area contributed by atoms with Crippen molar-refractivity contribution in [1.82, 2.24) is 4.98 Å². The van der Waals surface area contributed by atoms with E-state index in [0.717, 1.165) is 0 Å². The van der Waals surface area contributed by atoms with Crippen LogP contribution < -0.4 is 0 Å². The van der Waals surface area contributed by atoms with Crippen molar-refractivity contribution in [1.29, 1.82) is 0 Å². The second-order valence-electron chi connectivity index (χ2n) is 3.84. The molecule has 0 unspecified atom stereocenters. The lowest BCUT2D eigenvalue weighted by Gasteiger charge is -2.06. The van der Waals surface area contributed by atoms with Crippen LogP contribution in [-0.2, 0) is 0 Å². The molecule has 0 aliphatic heterocycles. The topological polar surface area (TPSA) is 67.3 Å². The summed E-state index contributed by atoms with van der Waals surface area (Å²) in [5.41, 5.74) is 1.82. The van der Waals surface area contributed by atoms with Crippen LogP contribution in [0.2, 0.25) is 0 Å². The lowest BCUT2D eigenvalue weighted by Crippen LogP contribution is -2.00. The number of hydrogen-bond acceptors (Lipinski definition) is 3. The molecule has 1 heterocycles. The number of aromatic carboxylic acids is 1. The van der Waals surface area contributed by atoms with Gasteiger partial charge in [-0.25, -0.2) is 4.79 Å². The molecule has 0 spiro atoms. The Morgan fingerprint density at radius 2 is 1.89 bits per heavy atom. The van der Waals surface area contributed by atoms with E-state index in [1.165, 1.54) is 25.3 Å². The maximum Gasteiger partial charge on any atom is 0.335 e. The third kappa shape index (κ3) is 2.27. The summed E-state index contributed by atoms with van der Waals surface area (Å²) in [5.74, 6) is -1.09. The number of aromatic nitrogens is 1. The number of hydrogen-bond donors (Lipinski definition) is 1. The van der Waals surface area contributed by atoms with E-state index in [2.05, 4.69) is 4.98 Å². The van der Waals surface area contributed by atoms with Gasteiger partial charge in [-0.15, -0.1) is 0 Å². The largest absolute Gasteiger partial charge is 0.478 e. The number of nitrogens with zero attached hydrogens (tertiary/aromatic N) is 1. The number of carbonyl (C=O) groups is 2. The van der Waals surface area contributed by atoms with Crippen LogP contribution in [0.5, 0.6) is 0 Å². The minimum absolute atomic E-state index is 0.0758. The zero-order valence-electron chi connectivity index (χ0n) is 9.75. The highest BCUT2D eigenvalue weighted by atomic mass is 16.4. The molecule has 4 nitrogen and oxygen atoms in total. The van der Waals surface area contributed by atoms with Gasteiger partial charge in [0.15, 0.2) is 5.78 Å².